The molecule has 1 amide bonds. The first-order valence-corrected chi connectivity index (χ1v) is 8.02. The van der Waals surface area contributed by atoms with Gasteiger partial charge in [0.05, 0.1) is 5.92 Å². The van der Waals surface area contributed by atoms with Crippen molar-refractivity contribution in [3.8, 4) is 0 Å². The van der Waals surface area contributed by atoms with E-state index in [1.807, 2.05) is 32.1 Å². The van der Waals surface area contributed by atoms with E-state index in [2.05, 4.69) is 5.32 Å². The molecule has 0 saturated heterocycles. The van der Waals surface area contributed by atoms with E-state index in [1.54, 1.807) is 25.1 Å². The van der Waals surface area contributed by atoms with Crippen molar-refractivity contribution < 1.29 is 4.79 Å². The minimum atomic E-state index is -0.113. The molecule has 1 aliphatic rings. The van der Waals surface area contributed by atoms with Crippen molar-refractivity contribution in [2.45, 2.75) is 33.6 Å². The molecule has 1 atom stereocenters. The number of nitrogen functional groups attached to an aromatic ring is 1. The number of anilines is 2. The largest absolute Gasteiger partial charge is 0.398 e. The van der Waals surface area contributed by atoms with Crippen molar-refractivity contribution in [2.24, 2.45) is 11.8 Å². The second-order valence-electron chi connectivity index (χ2n) is 6.02. The van der Waals surface area contributed by atoms with Gasteiger partial charge in [-0.05, 0) is 63.3 Å². The van der Waals surface area contributed by atoms with Gasteiger partial charge in [0.15, 0.2) is 0 Å². The van der Waals surface area contributed by atoms with Crippen LogP contribution in [-0.2, 0) is 4.79 Å². The highest BCUT2D eigenvalue weighted by Crippen LogP contribution is 2.41. The van der Waals surface area contributed by atoms with E-state index >= 15 is 0 Å². The Labute approximate surface area is 138 Å². The number of benzene rings is 1. The van der Waals surface area contributed by atoms with Gasteiger partial charge in [0.1, 0.15) is 0 Å². The number of carbonyl (C=O) groups excluding carboxylic acids is 1. The van der Waals surface area contributed by atoms with Crippen LogP contribution in [0.1, 0.15) is 39.2 Å². The van der Waals surface area contributed by atoms with Crippen LogP contribution in [-0.4, -0.2) is 11.6 Å². The summed E-state index contributed by atoms with van der Waals surface area (Å²) in [5, 5.41) is 10.8. The van der Waals surface area contributed by atoms with Crippen LogP contribution in [0.4, 0.5) is 11.4 Å². The van der Waals surface area contributed by atoms with Gasteiger partial charge in [-0.2, -0.15) is 0 Å². The second kappa shape index (κ2) is 7.27. The van der Waals surface area contributed by atoms with Gasteiger partial charge in [-0.15, -0.1) is 0 Å². The van der Waals surface area contributed by atoms with E-state index in [-0.39, 0.29) is 11.8 Å². The van der Waals surface area contributed by atoms with Crippen molar-refractivity contribution >= 4 is 23.0 Å². The minimum absolute atomic E-state index is 0.0112. The molecule has 1 aromatic carbocycles. The molecule has 0 aromatic heterocycles. The van der Waals surface area contributed by atoms with Crippen LogP contribution in [0.5, 0.6) is 0 Å². The first-order valence-electron chi connectivity index (χ1n) is 8.02. The fraction of sp³-hybridized carbons (Fsp3) is 0.368. The molecule has 0 radical (unpaired) electrons. The molecule has 0 spiro atoms. The Morgan fingerprint density at radius 1 is 1.39 bits per heavy atom. The monoisotopic (exact) mass is 311 g/mol. The van der Waals surface area contributed by atoms with Gasteiger partial charge in [0.25, 0.3) is 0 Å². The molecule has 4 N–H and O–H groups in total. The van der Waals surface area contributed by atoms with E-state index in [1.165, 1.54) is 0 Å². The maximum absolute atomic E-state index is 12.8. The summed E-state index contributed by atoms with van der Waals surface area (Å²) in [5.74, 6) is 0.325. The maximum atomic E-state index is 12.8. The van der Waals surface area contributed by atoms with Crippen molar-refractivity contribution in [1.82, 2.24) is 0 Å². The summed E-state index contributed by atoms with van der Waals surface area (Å²) in [7, 11) is 0. The third-order valence-electron chi connectivity index (χ3n) is 4.15. The normalized spacial score (nSPS) is 16.4. The molecule has 23 heavy (non-hydrogen) atoms. The first-order chi connectivity index (χ1) is 11.0. The Balaban J connectivity index is 2.22. The summed E-state index contributed by atoms with van der Waals surface area (Å²) in [6, 6.07) is 5.29. The van der Waals surface area contributed by atoms with Crippen LogP contribution in [0.3, 0.4) is 0 Å². The van der Waals surface area contributed by atoms with Gasteiger partial charge in [-0.25, -0.2) is 0 Å². The minimum Gasteiger partial charge on any atom is -0.398 e. The lowest BCUT2D eigenvalue weighted by Crippen LogP contribution is -2.26. The predicted octanol–water partition coefficient (Wildman–Crippen LogP) is 4.14. The van der Waals surface area contributed by atoms with Crippen molar-refractivity contribution in [3.05, 3.63) is 47.6 Å². The third kappa shape index (κ3) is 4.09. The Kier molecular flexibility index (Phi) is 5.37. The molecule has 1 unspecified atom stereocenters. The zero-order chi connectivity index (χ0) is 17.0. The zero-order valence-electron chi connectivity index (χ0n) is 14.0. The van der Waals surface area contributed by atoms with Crippen LogP contribution >= 0.6 is 0 Å². The van der Waals surface area contributed by atoms with E-state index < -0.39 is 0 Å². The van der Waals surface area contributed by atoms with E-state index in [9.17, 15) is 4.79 Å². The summed E-state index contributed by atoms with van der Waals surface area (Å²) in [5.41, 5.74) is 9.23. The predicted molar refractivity (Wildman–Crippen MR) is 96.8 cm³/mol. The summed E-state index contributed by atoms with van der Waals surface area (Å²) >= 11 is 0. The number of nitrogens with one attached hydrogen (secondary N) is 2. The topological polar surface area (TPSA) is 79.0 Å². The molecule has 0 heterocycles. The van der Waals surface area contributed by atoms with Crippen molar-refractivity contribution in [2.75, 3.05) is 11.1 Å². The zero-order valence-corrected chi connectivity index (χ0v) is 14.0. The number of amides is 1. The SMILES string of the molecule is CC=CC(=CC)C(C(=O)Nc1ccc(N)c(C(C)=N)c1)C1CC1. The molecule has 1 aromatic rings. The van der Waals surface area contributed by atoms with Gasteiger partial charge >= 0.3 is 0 Å². The Morgan fingerprint density at radius 3 is 2.61 bits per heavy atom. The van der Waals surface area contributed by atoms with Crippen LogP contribution in [0.2, 0.25) is 0 Å². The van der Waals surface area contributed by atoms with Crippen molar-refractivity contribution in [1.29, 1.82) is 5.41 Å². The van der Waals surface area contributed by atoms with E-state index in [0.717, 1.165) is 18.4 Å². The lowest BCUT2D eigenvalue weighted by Gasteiger charge is -2.18. The lowest BCUT2D eigenvalue weighted by molar-refractivity contribution is -0.119. The molecule has 4 nitrogen and oxygen atoms in total. The van der Waals surface area contributed by atoms with Gasteiger partial charge < -0.3 is 16.5 Å². The molecule has 1 aliphatic carbocycles. The number of hydrogen-bond donors (Lipinski definition) is 3. The molecule has 2 rings (SSSR count). The van der Waals surface area contributed by atoms with E-state index in [4.69, 9.17) is 11.1 Å². The second-order valence-corrected chi connectivity index (χ2v) is 6.02. The quantitative estimate of drug-likeness (QED) is 0.419. The first kappa shape index (κ1) is 17.0. The standard InChI is InChI=1S/C19H25N3O/c1-4-6-13(5-2)18(14-7-8-14)19(23)22-15-9-10-17(21)16(11-15)12(3)20/h4-6,9-11,14,18,20H,7-8,21H2,1-3H3,(H,22,23). The van der Waals surface area contributed by atoms with E-state index in [0.29, 0.717) is 28.6 Å². The summed E-state index contributed by atoms with van der Waals surface area (Å²) < 4.78 is 0. The highest BCUT2D eigenvalue weighted by atomic mass is 16.1. The molecule has 0 bridgehead atoms. The number of nitrogens with two attached hydrogens (primary N) is 1. The molecule has 122 valence electrons. The molecule has 0 aliphatic heterocycles. The number of hydrogen-bond acceptors (Lipinski definition) is 3. The smallest absolute Gasteiger partial charge is 0.232 e. The summed E-state index contributed by atoms with van der Waals surface area (Å²) in [6.07, 6.45) is 8.19. The Bertz CT molecular complexity index is 669. The fourth-order valence-corrected chi connectivity index (χ4v) is 2.82. The molecular formula is C19H25N3O. The average Bonchev–Trinajstić information content (AvgIpc) is 3.33. The summed E-state index contributed by atoms with van der Waals surface area (Å²) in [4.78, 5) is 12.8. The van der Waals surface area contributed by atoms with Crippen LogP contribution in [0.15, 0.2) is 42.0 Å². The molecular weight excluding hydrogens is 286 g/mol. The Morgan fingerprint density at radius 2 is 2.09 bits per heavy atom. The van der Waals surface area contributed by atoms with Crippen LogP contribution < -0.4 is 11.1 Å². The highest BCUT2D eigenvalue weighted by Gasteiger charge is 2.37. The van der Waals surface area contributed by atoms with Gasteiger partial charge in [0.2, 0.25) is 5.91 Å². The average molecular weight is 311 g/mol. The van der Waals surface area contributed by atoms with Gasteiger partial charge in [-0.3, -0.25) is 4.79 Å². The van der Waals surface area contributed by atoms with Crippen LogP contribution in [0, 0.1) is 17.2 Å². The lowest BCUT2D eigenvalue weighted by atomic mass is 9.92. The third-order valence-corrected chi connectivity index (χ3v) is 4.15. The molecule has 1 saturated carbocycles. The van der Waals surface area contributed by atoms with Gasteiger partial charge in [0, 0.05) is 22.6 Å². The number of carbonyl (C=O) groups is 1. The fourth-order valence-electron chi connectivity index (χ4n) is 2.82. The molecule has 1 fully saturated rings. The van der Waals surface area contributed by atoms with Crippen LogP contribution in [0.25, 0.3) is 0 Å². The highest BCUT2D eigenvalue weighted by molar-refractivity contribution is 6.03. The van der Waals surface area contributed by atoms with Gasteiger partial charge in [-0.1, -0.05) is 18.2 Å². The summed E-state index contributed by atoms with van der Waals surface area (Å²) in [6.45, 7) is 5.62. The molecule has 4 heteroatoms. The number of rotatable bonds is 6. The maximum Gasteiger partial charge on any atom is 0.232 e. The Hall–Kier alpha value is -2.36. The van der Waals surface area contributed by atoms with Crippen molar-refractivity contribution in [3.63, 3.8) is 0 Å². The number of allylic oxidation sites excluding steroid dienone is 3.